The van der Waals surface area contributed by atoms with Crippen LogP contribution in [0.15, 0.2) is 12.1 Å². The highest BCUT2D eigenvalue weighted by atomic mass is 35.5. The predicted molar refractivity (Wildman–Crippen MR) is 112 cm³/mol. The number of carbonyl (C=O) groups is 2. The summed E-state index contributed by atoms with van der Waals surface area (Å²) < 4.78 is 0. The highest BCUT2D eigenvalue weighted by molar-refractivity contribution is 6.39. The van der Waals surface area contributed by atoms with Crippen molar-refractivity contribution in [2.24, 2.45) is 5.92 Å². The maximum atomic E-state index is 13.3. The normalized spacial score (nSPS) is 25.0. The molecule has 5 nitrogen and oxygen atoms in total. The largest absolute Gasteiger partial charge is 0.396 e. The van der Waals surface area contributed by atoms with Gasteiger partial charge in [-0.1, -0.05) is 23.2 Å². The number of nitrogens with zero attached hydrogens (tertiary/aromatic N) is 2. The van der Waals surface area contributed by atoms with Gasteiger partial charge in [-0.25, -0.2) is 0 Å². The van der Waals surface area contributed by atoms with Gasteiger partial charge in [-0.3, -0.25) is 9.59 Å². The molecule has 28 heavy (non-hydrogen) atoms. The van der Waals surface area contributed by atoms with E-state index in [-0.39, 0.29) is 17.9 Å². The van der Waals surface area contributed by atoms with E-state index in [1.54, 1.807) is 12.1 Å². The molecule has 3 aliphatic rings. The number of hydrogen-bond donors (Lipinski definition) is 1. The van der Waals surface area contributed by atoms with Crippen LogP contribution in [0.1, 0.15) is 61.7 Å². The summed E-state index contributed by atoms with van der Waals surface area (Å²) in [5, 5.41) is 0.623. The molecule has 1 heterocycles. The highest BCUT2D eigenvalue weighted by Crippen LogP contribution is 2.38. The lowest BCUT2D eigenvalue weighted by molar-refractivity contribution is -0.135. The van der Waals surface area contributed by atoms with Crippen molar-refractivity contribution < 1.29 is 9.59 Å². The van der Waals surface area contributed by atoms with E-state index < -0.39 is 0 Å². The van der Waals surface area contributed by atoms with Gasteiger partial charge in [0.05, 0.1) is 15.7 Å². The molecule has 1 aliphatic heterocycles. The number of benzene rings is 1. The fraction of sp³-hybridized carbons (Fsp3) is 0.619. The van der Waals surface area contributed by atoms with Gasteiger partial charge in [0.15, 0.2) is 0 Å². The summed E-state index contributed by atoms with van der Waals surface area (Å²) in [6.45, 7) is 1.81. The monoisotopic (exact) mass is 423 g/mol. The standard InChI is InChI=1S/C21H27Cl2N3O2/c22-17-11-14(12-18(23)19(17)24)21(28)26(16-7-8-16)15-5-3-13(4-6-15)20(27)25-9-1-2-10-25/h11-13,15-16H,1-10,24H2. The summed E-state index contributed by atoms with van der Waals surface area (Å²) in [7, 11) is 0. The van der Waals surface area contributed by atoms with E-state index in [1.807, 2.05) is 9.80 Å². The molecule has 0 spiro atoms. The molecule has 152 valence electrons. The van der Waals surface area contributed by atoms with Crippen molar-refractivity contribution in [1.29, 1.82) is 0 Å². The van der Waals surface area contributed by atoms with E-state index in [0.29, 0.717) is 33.2 Å². The van der Waals surface area contributed by atoms with E-state index >= 15 is 0 Å². The van der Waals surface area contributed by atoms with Crippen LogP contribution in [0.3, 0.4) is 0 Å². The van der Waals surface area contributed by atoms with Crippen LogP contribution >= 0.6 is 23.2 Å². The molecular weight excluding hydrogens is 397 g/mol. The second kappa shape index (κ2) is 8.11. The Morgan fingerprint density at radius 3 is 1.93 bits per heavy atom. The van der Waals surface area contributed by atoms with Crippen molar-refractivity contribution >= 4 is 40.7 Å². The zero-order chi connectivity index (χ0) is 19.8. The minimum atomic E-state index is -0.0272. The number of nitrogens with two attached hydrogens (primary N) is 1. The lowest BCUT2D eigenvalue weighted by atomic mass is 9.84. The third kappa shape index (κ3) is 3.97. The number of hydrogen-bond acceptors (Lipinski definition) is 3. The summed E-state index contributed by atoms with van der Waals surface area (Å²) in [5.74, 6) is 0.406. The maximum Gasteiger partial charge on any atom is 0.254 e. The van der Waals surface area contributed by atoms with Crippen LogP contribution in [0, 0.1) is 5.92 Å². The van der Waals surface area contributed by atoms with Gasteiger partial charge >= 0.3 is 0 Å². The van der Waals surface area contributed by atoms with Crippen molar-refractivity contribution in [3.8, 4) is 0 Å². The van der Waals surface area contributed by atoms with Crippen molar-refractivity contribution in [1.82, 2.24) is 9.80 Å². The van der Waals surface area contributed by atoms with Crippen molar-refractivity contribution in [2.75, 3.05) is 18.8 Å². The Kier molecular flexibility index (Phi) is 5.75. The van der Waals surface area contributed by atoms with E-state index in [0.717, 1.165) is 64.5 Å². The Bertz CT molecular complexity index is 744. The Labute approximate surface area is 176 Å². The van der Waals surface area contributed by atoms with Gasteiger partial charge in [0, 0.05) is 36.7 Å². The van der Waals surface area contributed by atoms with Gasteiger partial charge in [0.25, 0.3) is 5.91 Å². The lowest BCUT2D eigenvalue weighted by Gasteiger charge is -2.37. The zero-order valence-electron chi connectivity index (χ0n) is 16.0. The number of carbonyl (C=O) groups excluding carboxylic acids is 2. The van der Waals surface area contributed by atoms with E-state index in [2.05, 4.69) is 0 Å². The molecule has 2 amide bonds. The van der Waals surface area contributed by atoms with Crippen LogP contribution < -0.4 is 5.73 Å². The third-order valence-corrected chi connectivity index (χ3v) is 6.98. The lowest BCUT2D eigenvalue weighted by Crippen LogP contribution is -2.45. The van der Waals surface area contributed by atoms with Crippen molar-refractivity contribution in [3.63, 3.8) is 0 Å². The molecule has 1 aromatic rings. The van der Waals surface area contributed by atoms with Crippen LogP contribution in [-0.2, 0) is 4.79 Å². The van der Waals surface area contributed by atoms with E-state index in [9.17, 15) is 9.59 Å². The Morgan fingerprint density at radius 1 is 0.929 bits per heavy atom. The fourth-order valence-electron chi connectivity index (χ4n) is 4.64. The molecule has 0 bridgehead atoms. The molecule has 1 saturated heterocycles. The SMILES string of the molecule is Nc1c(Cl)cc(C(=O)N(C2CCC(C(=O)N3CCCC3)CC2)C2CC2)cc1Cl. The average molecular weight is 424 g/mol. The highest BCUT2D eigenvalue weighted by Gasteiger charge is 2.40. The maximum absolute atomic E-state index is 13.3. The van der Waals surface area contributed by atoms with Gasteiger partial charge in [0.1, 0.15) is 0 Å². The number of rotatable bonds is 4. The first-order valence-corrected chi connectivity index (χ1v) is 11.1. The minimum Gasteiger partial charge on any atom is -0.396 e. The van der Waals surface area contributed by atoms with E-state index in [4.69, 9.17) is 28.9 Å². The minimum absolute atomic E-state index is 0.0272. The summed E-state index contributed by atoms with van der Waals surface area (Å²) in [5.41, 5.74) is 6.61. The molecular formula is C21H27Cl2N3O2. The molecule has 0 radical (unpaired) electrons. The molecule has 4 rings (SSSR count). The van der Waals surface area contributed by atoms with Crippen molar-refractivity contribution in [2.45, 2.75) is 63.5 Å². The van der Waals surface area contributed by atoms with Crippen molar-refractivity contribution in [3.05, 3.63) is 27.7 Å². The fourth-order valence-corrected chi connectivity index (χ4v) is 5.12. The van der Waals surface area contributed by atoms with Crippen LogP contribution in [0.25, 0.3) is 0 Å². The summed E-state index contributed by atoms with van der Waals surface area (Å²) >= 11 is 12.3. The Morgan fingerprint density at radius 2 is 1.43 bits per heavy atom. The number of halogens is 2. The van der Waals surface area contributed by atoms with E-state index in [1.165, 1.54) is 0 Å². The summed E-state index contributed by atoms with van der Waals surface area (Å²) in [6.07, 6.45) is 7.80. The number of likely N-dealkylation sites (tertiary alicyclic amines) is 1. The van der Waals surface area contributed by atoms with Gasteiger partial charge in [0.2, 0.25) is 5.91 Å². The molecule has 2 saturated carbocycles. The molecule has 7 heteroatoms. The Hall–Kier alpha value is -1.46. The Balaban J connectivity index is 1.44. The van der Waals surface area contributed by atoms with Gasteiger partial charge in [-0.2, -0.15) is 0 Å². The van der Waals surface area contributed by atoms with Crippen LogP contribution in [0.4, 0.5) is 5.69 Å². The first-order chi connectivity index (χ1) is 13.5. The predicted octanol–water partition coefficient (Wildman–Crippen LogP) is 4.36. The summed E-state index contributed by atoms with van der Waals surface area (Å²) in [6, 6.07) is 3.70. The molecule has 0 atom stereocenters. The number of anilines is 1. The first kappa shape index (κ1) is 19.8. The molecule has 1 aromatic carbocycles. The van der Waals surface area contributed by atoms with Crippen LogP contribution in [0.5, 0.6) is 0 Å². The molecule has 2 aliphatic carbocycles. The second-order valence-electron chi connectivity index (χ2n) is 8.34. The topological polar surface area (TPSA) is 66.6 Å². The van der Waals surface area contributed by atoms with Gasteiger partial charge in [-0.15, -0.1) is 0 Å². The number of amides is 2. The molecule has 0 unspecified atom stereocenters. The van der Waals surface area contributed by atoms with Gasteiger partial charge < -0.3 is 15.5 Å². The van der Waals surface area contributed by atoms with Crippen LogP contribution in [0.2, 0.25) is 10.0 Å². The molecule has 0 aromatic heterocycles. The zero-order valence-corrected chi connectivity index (χ0v) is 17.5. The second-order valence-corrected chi connectivity index (χ2v) is 9.15. The first-order valence-electron chi connectivity index (χ1n) is 10.3. The van der Waals surface area contributed by atoms with Gasteiger partial charge in [-0.05, 0) is 63.5 Å². The average Bonchev–Trinajstić information content (AvgIpc) is 3.37. The summed E-state index contributed by atoms with van der Waals surface area (Å²) in [4.78, 5) is 30.0. The number of nitrogen functional groups attached to an aromatic ring is 1. The quantitative estimate of drug-likeness (QED) is 0.731. The molecule has 2 N–H and O–H groups in total. The smallest absolute Gasteiger partial charge is 0.254 e. The third-order valence-electron chi connectivity index (χ3n) is 6.36. The van der Waals surface area contributed by atoms with Crippen LogP contribution in [-0.4, -0.2) is 46.8 Å². The molecule has 3 fully saturated rings.